The molecule has 1 unspecified atom stereocenters. The molecule has 0 aliphatic carbocycles. The Labute approximate surface area is 108 Å². The third-order valence-electron chi connectivity index (χ3n) is 3.13. The molecule has 2 rings (SSSR count). The number of hydrogen-bond acceptors (Lipinski definition) is 3. The van der Waals surface area contributed by atoms with Gasteiger partial charge in [0.25, 0.3) is 0 Å². The molecule has 1 aromatic rings. The van der Waals surface area contributed by atoms with E-state index in [0.717, 1.165) is 5.56 Å². The van der Waals surface area contributed by atoms with E-state index in [2.05, 4.69) is 0 Å². The van der Waals surface area contributed by atoms with Crippen molar-refractivity contribution in [3.8, 4) is 0 Å². The molecule has 4 nitrogen and oxygen atoms in total. The molecule has 3 atom stereocenters. The van der Waals surface area contributed by atoms with E-state index in [-0.39, 0.29) is 18.7 Å². The van der Waals surface area contributed by atoms with Crippen LogP contribution in [0.4, 0.5) is 0 Å². The summed E-state index contributed by atoms with van der Waals surface area (Å²) < 4.78 is 26.1. The molecule has 1 saturated heterocycles. The Morgan fingerprint density at radius 1 is 1.33 bits per heavy atom. The van der Waals surface area contributed by atoms with E-state index >= 15 is 0 Å². The van der Waals surface area contributed by atoms with Crippen LogP contribution in [0, 0.1) is 6.92 Å². The summed E-state index contributed by atoms with van der Waals surface area (Å²) in [6.45, 7) is 3.71. The number of nitrogens with zero attached hydrogens (tertiary/aromatic N) is 1. The summed E-state index contributed by atoms with van der Waals surface area (Å²) in [4.78, 5) is 0.319. The Kier molecular flexibility index (Phi) is 3.56. The lowest BCUT2D eigenvalue weighted by molar-refractivity contribution is 0.342. The summed E-state index contributed by atoms with van der Waals surface area (Å²) in [6.07, 6.45) is 3.31. The van der Waals surface area contributed by atoms with Crippen LogP contribution in [-0.2, 0) is 10.0 Å². The van der Waals surface area contributed by atoms with Crippen molar-refractivity contribution in [1.82, 2.24) is 4.31 Å². The Balaban J connectivity index is 2.23. The van der Waals surface area contributed by atoms with Gasteiger partial charge in [0.15, 0.2) is 0 Å². The van der Waals surface area contributed by atoms with Gasteiger partial charge in [-0.15, -0.1) is 0 Å². The van der Waals surface area contributed by atoms with E-state index in [4.69, 9.17) is 5.11 Å². The zero-order valence-electron chi connectivity index (χ0n) is 10.4. The van der Waals surface area contributed by atoms with Gasteiger partial charge in [-0.25, -0.2) is 8.42 Å². The molecule has 98 valence electrons. The lowest BCUT2D eigenvalue weighted by Crippen LogP contribution is -2.15. The van der Waals surface area contributed by atoms with Crippen LogP contribution in [0.25, 0.3) is 0 Å². The second kappa shape index (κ2) is 4.84. The van der Waals surface area contributed by atoms with Crippen LogP contribution in [-0.4, -0.2) is 36.5 Å². The normalized spacial score (nSPS) is 27.6. The second-order valence-electron chi connectivity index (χ2n) is 4.49. The number of aliphatic hydroxyl groups is 1. The van der Waals surface area contributed by atoms with Crippen LogP contribution >= 0.6 is 0 Å². The molecule has 0 amide bonds. The van der Waals surface area contributed by atoms with Gasteiger partial charge in [0.2, 0.25) is 10.0 Å². The van der Waals surface area contributed by atoms with Crippen molar-refractivity contribution in [2.45, 2.75) is 30.8 Å². The zero-order valence-corrected chi connectivity index (χ0v) is 11.3. The van der Waals surface area contributed by atoms with Crippen molar-refractivity contribution in [2.75, 3.05) is 6.61 Å². The minimum atomic E-state index is -3.41. The fourth-order valence-electron chi connectivity index (χ4n) is 2.00. The van der Waals surface area contributed by atoms with Gasteiger partial charge in [0, 0.05) is 6.04 Å². The van der Waals surface area contributed by atoms with Crippen molar-refractivity contribution in [1.29, 1.82) is 0 Å². The predicted molar refractivity (Wildman–Crippen MR) is 69.7 cm³/mol. The van der Waals surface area contributed by atoms with Gasteiger partial charge < -0.3 is 5.11 Å². The summed E-state index contributed by atoms with van der Waals surface area (Å²) in [5.41, 5.74) is 1.03. The molecule has 0 radical (unpaired) electrons. The fraction of sp³-hybridized carbons (Fsp3) is 0.385. The smallest absolute Gasteiger partial charge is 0.243 e. The summed E-state index contributed by atoms with van der Waals surface area (Å²) in [6, 6.07) is 6.66. The van der Waals surface area contributed by atoms with Crippen LogP contribution < -0.4 is 0 Å². The van der Waals surface area contributed by atoms with Crippen LogP contribution in [0.3, 0.4) is 0 Å². The second-order valence-corrected chi connectivity index (χ2v) is 6.33. The maximum Gasteiger partial charge on any atom is 0.243 e. The van der Waals surface area contributed by atoms with Gasteiger partial charge in [0.1, 0.15) is 0 Å². The molecule has 0 spiro atoms. The van der Waals surface area contributed by atoms with Crippen molar-refractivity contribution in [3.63, 3.8) is 0 Å². The molecule has 1 aliphatic heterocycles. The average Bonchev–Trinajstić information content (AvgIpc) is 2.98. The monoisotopic (exact) mass is 267 g/mol. The molecule has 18 heavy (non-hydrogen) atoms. The number of benzene rings is 1. The molecule has 0 saturated carbocycles. The maximum absolute atomic E-state index is 12.3. The van der Waals surface area contributed by atoms with Gasteiger partial charge in [-0.2, -0.15) is 4.31 Å². The van der Waals surface area contributed by atoms with Gasteiger partial charge in [-0.3, -0.25) is 0 Å². The van der Waals surface area contributed by atoms with Crippen LogP contribution in [0.5, 0.6) is 0 Å². The molecule has 1 aliphatic rings. The molecule has 1 aromatic carbocycles. The van der Waals surface area contributed by atoms with E-state index < -0.39 is 10.0 Å². The number of hydrogen-bond donors (Lipinski definition) is 1. The number of rotatable bonds is 4. The standard InChI is InChI=1S/C13H17NO3S/c1-10-5-7-12(8-6-10)18(16,17)14-11(2)13(14)4-3-9-15/h3-8,11,13,15H,9H2,1-2H3/b4-3+/t11-,13+,14?/m1/s1. The summed E-state index contributed by atoms with van der Waals surface area (Å²) in [5, 5.41) is 8.71. The summed E-state index contributed by atoms with van der Waals surface area (Å²) in [7, 11) is -3.41. The Hall–Kier alpha value is -1.17. The third kappa shape index (κ3) is 2.34. The van der Waals surface area contributed by atoms with Crippen molar-refractivity contribution < 1.29 is 13.5 Å². The molecule has 5 heteroatoms. The molecule has 1 N–H and O–H groups in total. The largest absolute Gasteiger partial charge is 0.392 e. The van der Waals surface area contributed by atoms with Crippen LogP contribution in [0.1, 0.15) is 12.5 Å². The zero-order chi connectivity index (χ0) is 13.3. The molecular weight excluding hydrogens is 250 g/mol. The highest BCUT2D eigenvalue weighted by Gasteiger charge is 2.50. The number of aryl methyl sites for hydroxylation is 1. The van der Waals surface area contributed by atoms with Gasteiger partial charge in [-0.05, 0) is 26.0 Å². The first kappa shape index (κ1) is 13.3. The number of sulfonamides is 1. The van der Waals surface area contributed by atoms with E-state index in [1.807, 2.05) is 13.8 Å². The quantitative estimate of drug-likeness (QED) is 0.661. The van der Waals surface area contributed by atoms with E-state index in [1.54, 1.807) is 36.4 Å². The van der Waals surface area contributed by atoms with Crippen molar-refractivity contribution >= 4 is 10.0 Å². The molecule has 1 heterocycles. The van der Waals surface area contributed by atoms with E-state index in [1.165, 1.54) is 4.31 Å². The Bertz CT molecular complexity index is 548. The first-order valence-corrected chi connectivity index (χ1v) is 7.30. The highest BCUT2D eigenvalue weighted by Crippen LogP contribution is 2.36. The molecule has 0 aromatic heterocycles. The van der Waals surface area contributed by atoms with Gasteiger partial charge >= 0.3 is 0 Å². The van der Waals surface area contributed by atoms with E-state index in [0.29, 0.717) is 4.90 Å². The third-order valence-corrected chi connectivity index (χ3v) is 5.13. The Morgan fingerprint density at radius 2 is 1.94 bits per heavy atom. The summed E-state index contributed by atoms with van der Waals surface area (Å²) >= 11 is 0. The van der Waals surface area contributed by atoms with Gasteiger partial charge in [-0.1, -0.05) is 29.8 Å². The topological polar surface area (TPSA) is 57.4 Å². The minimum Gasteiger partial charge on any atom is -0.392 e. The maximum atomic E-state index is 12.3. The number of aliphatic hydroxyl groups excluding tert-OH is 1. The van der Waals surface area contributed by atoms with Crippen molar-refractivity contribution in [2.24, 2.45) is 0 Å². The average molecular weight is 267 g/mol. The van der Waals surface area contributed by atoms with Crippen LogP contribution in [0.2, 0.25) is 0 Å². The van der Waals surface area contributed by atoms with Crippen molar-refractivity contribution in [3.05, 3.63) is 42.0 Å². The minimum absolute atomic E-state index is 0.0425. The summed E-state index contributed by atoms with van der Waals surface area (Å²) in [5.74, 6) is 0. The lowest BCUT2D eigenvalue weighted by atomic mass is 10.2. The van der Waals surface area contributed by atoms with Crippen LogP contribution in [0.15, 0.2) is 41.3 Å². The van der Waals surface area contributed by atoms with Gasteiger partial charge in [0.05, 0.1) is 17.5 Å². The molecule has 0 bridgehead atoms. The first-order valence-electron chi connectivity index (χ1n) is 5.86. The highest BCUT2D eigenvalue weighted by atomic mass is 32.2. The molecular formula is C13H17NO3S. The SMILES string of the molecule is Cc1ccc(S(=O)(=O)N2[C@H](C)[C@@H]2/C=C/CO)cc1. The lowest BCUT2D eigenvalue weighted by Gasteiger charge is -2.05. The fourth-order valence-corrected chi connectivity index (χ4v) is 3.80. The first-order chi connectivity index (χ1) is 8.48. The Morgan fingerprint density at radius 3 is 2.50 bits per heavy atom. The highest BCUT2D eigenvalue weighted by molar-refractivity contribution is 7.89. The van der Waals surface area contributed by atoms with E-state index in [9.17, 15) is 8.42 Å². The molecule has 1 fully saturated rings. The predicted octanol–water partition coefficient (Wildman–Crippen LogP) is 1.30.